The van der Waals surface area contributed by atoms with Crippen molar-refractivity contribution in [3.8, 4) is 10.6 Å². The van der Waals surface area contributed by atoms with E-state index in [-0.39, 0.29) is 12.4 Å². The molecule has 2 aromatic rings. The zero-order valence-corrected chi connectivity index (χ0v) is 13.3. The lowest BCUT2D eigenvalue weighted by atomic mass is 10.3. The van der Waals surface area contributed by atoms with E-state index in [4.69, 9.17) is 4.98 Å². The molecule has 1 aliphatic rings. The second-order valence-corrected chi connectivity index (χ2v) is 6.30. The minimum atomic E-state index is 0. The van der Waals surface area contributed by atoms with Crippen LogP contribution in [0, 0.1) is 0 Å². The summed E-state index contributed by atoms with van der Waals surface area (Å²) in [7, 11) is 2.05. The number of aromatic nitrogens is 1. The monoisotopic (exact) mass is 315 g/mol. The SMILES string of the molecule is CNC1CCN(Cc2csc(-c3ccsc3)n2)C1.Cl. The molecule has 0 radical (unpaired) electrons. The highest BCUT2D eigenvalue weighted by molar-refractivity contribution is 7.14. The van der Waals surface area contributed by atoms with Gasteiger partial charge in [0.2, 0.25) is 0 Å². The molecule has 1 atom stereocenters. The summed E-state index contributed by atoms with van der Waals surface area (Å²) in [5.41, 5.74) is 2.46. The summed E-state index contributed by atoms with van der Waals surface area (Å²) >= 11 is 3.48. The number of nitrogens with one attached hydrogen (secondary N) is 1. The van der Waals surface area contributed by atoms with Gasteiger partial charge in [0.15, 0.2) is 0 Å². The Hall–Kier alpha value is -0.460. The smallest absolute Gasteiger partial charge is 0.124 e. The molecule has 1 N–H and O–H groups in total. The van der Waals surface area contributed by atoms with Crippen LogP contribution in [0.25, 0.3) is 10.6 Å². The third-order valence-electron chi connectivity index (χ3n) is 3.39. The number of rotatable bonds is 4. The number of thiophene rings is 1. The first-order valence-corrected chi connectivity index (χ1v) is 8.04. The first-order chi connectivity index (χ1) is 8.85. The van der Waals surface area contributed by atoms with Gasteiger partial charge in [-0.1, -0.05) is 0 Å². The van der Waals surface area contributed by atoms with E-state index in [1.54, 1.807) is 22.7 Å². The molecule has 0 spiro atoms. The van der Waals surface area contributed by atoms with Crippen molar-refractivity contribution >= 4 is 35.1 Å². The predicted octanol–water partition coefficient (Wildman–Crippen LogP) is 3.09. The van der Waals surface area contributed by atoms with Crippen LogP contribution >= 0.6 is 35.1 Å². The Balaban J connectivity index is 0.00000133. The van der Waals surface area contributed by atoms with E-state index in [9.17, 15) is 0 Å². The average molecular weight is 316 g/mol. The molecular formula is C13H18ClN3S2. The maximum Gasteiger partial charge on any atom is 0.124 e. The average Bonchev–Trinajstić information content (AvgIpc) is 3.10. The molecule has 0 aromatic carbocycles. The van der Waals surface area contributed by atoms with Crippen LogP contribution in [-0.2, 0) is 6.54 Å². The normalized spacial score (nSPS) is 19.5. The number of likely N-dealkylation sites (tertiary alicyclic amines) is 1. The minimum absolute atomic E-state index is 0. The van der Waals surface area contributed by atoms with Gasteiger partial charge in [-0.05, 0) is 24.9 Å². The summed E-state index contributed by atoms with van der Waals surface area (Å²) in [4.78, 5) is 7.21. The molecule has 0 bridgehead atoms. The van der Waals surface area contributed by atoms with Crippen molar-refractivity contribution in [2.24, 2.45) is 0 Å². The van der Waals surface area contributed by atoms with Gasteiger partial charge < -0.3 is 5.32 Å². The summed E-state index contributed by atoms with van der Waals surface area (Å²) < 4.78 is 0. The summed E-state index contributed by atoms with van der Waals surface area (Å²) in [6, 6.07) is 2.79. The molecule has 1 aliphatic heterocycles. The van der Waals surface area contributed by atoms with E-state index < -0.39 is 0 Å². The van der Waals surface area contributed by atoms with Crippen molar-refractivity contribution in [1.29, 1.82) is 0 Å². The molecule has 0 amide bonds. The van der Waals surface area contributed by atoms with E-state index in [1.807, 2.05) is 7.05 Å². The van der Waals surface area contributed by atoms with Crippen LogP contribution in [0.1, 0.15) is 12.1 Å². The van der Waals surface area contributed by atoms with Gasteiger partial charge in [0.25, 0.3) is 0 Å². The molecule has 6 heteroatoms. The fourth-order valence-corrected chi connectivity index (χ4v) is 3.86. The molecule has 104 valence electrons. The molecule has 0 aliphatic carbocycles. The van der Waals surface area contributed by atoms with Crippen molar-refractivity contribution in [3.05, 3.63) is 27.9 Å². The van der Waals surface area contributed by atoms with E-state index in [1.165, 1.54) is 24.2 Å². The second-order valence-electron chi connectivity index (χ2n) is 4.67. The highest BCUT2D eigenvalue weighted by atomic mass is 35.5. The molecular weight excluding hydrogens is 298 g/mol. The van der Waals surface area contributed by atoms with Crippen LogP contribution in [0.15, 0.2) is 22.2 Å². The van der Waals surface area contributed by atoms with Gasteiger partial charge >= 0.3 is 0 Å². The van der Waals surface area contributed by atoms with Crippen LogP contribution in [-0.4, -0.2) is 36.1 Å². The standard InChI is InChI=1S/C13H17N3S2.ClH/c1-14-11-2-4-16(6-11)7-12-9-18-13(15-12)10-3-5-17-8-10;/h3,5,8-9,11,14H,2,4,6-7H2,1H3;1H. The Kier molecular flexibility index (Phi) is 5.36. The van der Waals surface area contributed by atoms with Crippen LogP contribution in [0.4, 0.5) is 0 Å². The van der Waals surface area contributed by atoms with Gasteiger partial charge in [0.05, 0.1) is 5.69 Å². The lowest BCUT2D eigenvalue weighted by Crippen LogP contribution is -2.29. The maximum absolute atomic E-state index is 4.73. The van der Waals surface area contributed by atoms with Crippen molar-refractivity contribution in [1.82, 2.24) is 15.2 Å². The van der Waals surface area contributed by atoms with Gasteiger partial charge in [0, 0.05) is 42.0 Å². The third-order valence-corrected chi connectivity index (χ3v) is 5.01. The largest absolute Gasteiger partial charge is 0.316 e. The third kappa shape index (κ3) is 3.55. The fourth-order valence-electron chi connectivity index (χ4n) is 2.34. The molecule has 1 unspecified atom stereocenters. The lowest BCUT2D eigenvalue weighted by molar-refractivity contribution is 0.319. The Morgan fingerprint density at radius 1 is 1.47 bits per heavy atom. The fraction of sp³-hybridized carbons (Fsp3) is 0.462. The Morgan fingerprint density at radius 3 is 3.05 bits per heavy atom. The van der Waals surface area contributed by atoms with Gasteiger partial charge in [-0.3, -0.25) is 4.90 Å². The van der Waals surface area contributed by atoms with E-state index in [0.717, 1.165) is 18.1 Å². The van der Waals surface area contributed by atoms with Crippen LogP contribution in [0.5, 0.6) is 0 Å². The van der Waals surface area contributed by atoms with Crippen molar-refractivity contribution < 1.29 is 0 Å². The highest BCUT2D eigenvalue weighted by Gasteiger charge is 2.21. The number of likely N-dealkylation sites (N-methyl/N-ethyl adjacent to an activating group) is 1. The first-order valence-electron chi connectivity index (χ1n) is 6.22. The van der Waals surface area contributed by atoms with E-state index in [2.05, 4.69) is 32.4 Å². The molecule has 19 heavy (non-hydrogen) atoms. The van der Waals surface area contributed by atoms with Crippen molar-refractivity contribution in [3.63, 3.8) is 0 Å². The number of thiazole rings is 1. The molecule has 3 heterocycles. The molecule has 0 saturated carbocycles. The maximum atomic E-state index is 4.73. The second kappa shape index (κ2) is 6.81. The van der Waals surface area contributed by atoms with Gasteiger partial charge in [-0.2, -0.15) is 11.3 Å². The first kappa shape index (κ1) is 14.9. The summed E-state index contributed by atoms with van der Waals surface area (Å²) in [6.07, 6.45) is 1.25. The topological polar surface area (TPSA) is 28.2 Å². The molecule has 3 rings (SSSR count). The van der Waals surface area contributed by atoms with Gasteiger partial charge in [-0.15, -0.1) is 23.7 Å². The highest BCUT2D eigenvalue weighted by Crippen LogP contribution is 2.26. The summed E-state index contributed by atoms with van der Waals surface area (Å²) in [5, 5.41) is 11.0. The predicted molar refractivity (Wildman–Crippen MR) is 85.4 cm³/mol. The molecule has 1 saturated heterocycles. The zero-order valence-electron chi connectivity index (χ0n) is 10.8. The Morgan fingerprint density at radius 2 is 2.37 bits per heavy atom. The van der Waals surface area contributed by atoms with E-state index >= 15 is 0 Å². The number of nitrogens with zero attached hydrogens (tertiary/aromatic N) is 2. The Labute approximate surface area is 128 Å². The van der Waals surface area contributed by atoms with Crippen LogP contribution < -0.4 is 5.32 Å². The van der Waals surface area contributed by atoms with Crippen LogP contribution in [0.2, 0.25) is 0 Å². The molecule has 3 nitrogen and oxygen atoms in total. The zero-order chi connectivity index (χ0) is 12.4. The summed E-state index contributed by atoms with van der Waals surface area (Å²) in [6.45, 7) is 3.30. The van der Waals surface area contributed by atoms with Crippen molar-refractivity contribution in [2.45, 2.75) is 19.0 Å². The molecule has 1 fully saturated rings. The minimum Gasteiger partial charge on any atom is -0.316 e. The van der Waals surface area contributed by atoms with Gasteiger partial charge in [-0.25, -0.2) is 4.98 Å². The van der Waals surface area contributed by atoms with Gasteiger partial charge in [0.1, 0.15) is 5.01 Å². The van der Waals surface area contributed by atoms with E-state index in [0.29, 0.717) is 6.04 Å². The number of hydrogen-bond donors (Lipinski definition) is 1. The number of hydrogen-bond acceptors (Lipinski definition) is 5. The Bertz CT molecular complexity index is 498. The summed E-state index contributed by atoms with van der Waals surface area (Å²) in [5.74, 6) is 0. The number of halogens is 1. The quantitative estimate of drug-likeness (QED) is 0.940. The molecule has 2 aromatic heterocycles. The van der Waals surface area contributed by atoms with Crippen molar-refractivity contribution in [2.75, 3.05) is 20.1 Å². The lowest BCUT2D eigenvalue weighted by Gasteiger charge is -2.13. The van der Waals surface area contributed by atoms with Crippen LogP contribution in [0.3, 0.4) is 0 Å².